The van der Waals surface area contributed by atoms with Gasteiger partial charge in [0.15, 0.2) is 0 Å². The number of thiophene rings is 1. The van der Waals surface area contributed by atoms with Crippen molar-refractivity contribution >= 4 is 11.3 Å². The van der Waals surface area contributed by atoms with E-state index in [9.17, 15) is 0 Å². The highest BCUT2D eigenvalue weighted by atomic mass is 32.1. The molecule has 0 aliphatic carbocycles. The van der Waals surface area contributed by atoms with Gasteiger partial charge in [-0.2, -0.15) is 0 Å². The molecule has 0 aliphatic rings. The molecule has 1 aromatic heterocycles. The fraction of sp³-hybridized carbons (Fsp3) is 0.778. The molecule has 0 fully saturated rings. The average molecular weight is 296 g/mol. The summed E-state index contributed by atoms with van der Waals surface area (Å²) in [5, 5.41) is 3.55. The van der Waals surface area contributed by atoms with Crippen molar-refractivity contribution in [2.75, 3.05) is 6.54 Å². The van der Waals surface area contributed by atoms with Gasteiger partial charge in [-0.1, -0.05) is 64.7 Å². The third-order valence-electron chi connectivity index (χ3n) is 3.80. The molecule has 1 aromatic rings. The lowest BCUT2D eigenvalue weighted by atomic mass is 10.1. The largest absolute Gasteiger partial charge is 0.312 e. The van der Waals surface area contributed by atoms with Crippen molar-refractivity contribution in [3.8, 4) is 0 Å². The van der Waals surface area contributed by atoms with Gasteiger partial charge in [0.1, 0.15) is 0 Å². The van der Waals surface area contributed by atoms with E-state index in [2.05, 4.69) is 31.3 Å². The lowest BCUT2D eigenvalue weighted by molar-refractivity contribution is 0.544. The van der Waals surface area contributed by atoms with Crippen LogP contribution in [0.25, 0.3) is 0 Å². The summed E-state index contributed by atoms with van der Waals surface area (Å²) in [5.41, 5.74) is 0. The van der Waals surface area contributed by atoms with E-state index in [-0.39, 0.29) is 0 Å². The summed E-state index contributed by atoms with van der Waals surface area (Å²) in [7, 11) is 0. The molecule has 2 heteroatoms. The van der Waals surface area contributed by atoms with Gasteiger partial charge in [-0.25, -0.2) is 0 Å². The second kappa shape index (κ2) is 12.4. The first-order valence-electron chi connectivity index (χ1n) is 8.59. The molecule has 1 rings (SSSR count). The summed E-state index contributed by atoms with van der Waals surface area (Å²) in [6.07, 6.45) is 14.2. The zero-order valence-electron chi connectivity index (χ0n) is 13.5. The molecule has 0 saturated carbocycles. The molecule has 20 heavy (non-hydrogen) atoms. The standard InChI is InChI=1S/C18H33NS/c1-3-4-5-6-7-8-9-10-11-12-15-19-16-18-14-13-17(2)20-18/h13-14,19H,3-12,15-16H2,1-2H3. The summed E-state index contributed by atoms with van der Waals surface area (Å²) in [6.45, 7) is 6.69. The Labute approximate surface area is 130 Å². The van der Waals surface area contributed by atoms with Crippen LogP contribution in [0.1, 0.15) is 80.9 Å². The molecule has 0 aromatic carbocycles. The minimum absolute atomic E-state index is 1.05. The lowest BCUT2D eigenvalue weighted by Crippen LogP contribution is -2.13. The van der Waals surface area contributed by atoms with Crippen LogP contribution in [0.2, 0.25) is 0 Å². The van der Waals surface area contributed by atoms with E-state index in [4.69, 9.17) is 0 Å². The van der Waals surface area contributed by atoms with E-state index < -0.39 is 0 Å². The van der Waals surface area contributed by atoms with Crippen LogP contribution in [-0.2, 0) is 6.54 Å². The molecule has 0 atom stereocenters. The Bertz CT molecular complexity index is 319. The van der Waals surface area contributed by atoms with Crippen LogP contribution in [-0.4, -0.2) is 6.54 Å². The highest BCUT2D eigenvalue weighted by Gasteiger charge is 1.96. The molecule has 0 saturated heterocycles. The maximum atomic E-state index is 3.55. The van der Waals surface area contributed by atoms with Crippen LogP contribution in [0.4, 0.5) is 0 Å². The maximum Gasteiger partial charge on any atom is 0.0299 e. The summed E-state index contributed by atoms with van der Waals surface area (Å²) >= 11 is 1.91. The van der Waals surface area contributed by atoms with E-state index in [1.165, 1.54) is 80.5 Å². The Hall–Kier alpha value is -0.340. The highest BCUT2D eigenvalue weighted by molar-refractivity contribution is 7.11. The van der Waals surface area contributed by atoms with Gasteiger partial charge >= 0.3 is 0 Å². The zero-order chi connectivity index (χ0) is 14.5. The summed E-state index contributed by atoms with van der Waals surface area (Å²) in [5.74, 6) is 0. The van der Waals surface area contributed by atoms with E-state index in [1.807, 2.05) is 11.3 Å². The molecule has 0 radical (unpaired) electrons. The number of nitrogens with one attached hydrogen (secondary N) is 1. The Kier molecular flexibility index (Phi) is 11.0. The van der Waals surface area contributed by atoms with Crippen LogP contribution in [0.5, 0.6) is 0 Å². The minimum atomic E-state index is 1.05. The molecule has 0 bridgehead atoms. The molecule has 1 N–H and O–H groups in total. The van der Waals surface area contributed by atoms with Crippen molar-refractivity contribution in [1.82, 2.24) is 5.32 Å². The smallest absolute Gasteiger partial charge is 0.0299 e. The van der Waals surface area contributed by atoms with Gasteiger partial charge in [0.05, 0.1) is 0 Å². The SMILES string of the molecule is CCCCCCCCCCCCNCc1ccc(C)s1. The van der Waals surface area contributed by atoms with Crippen molar-refractivity contribution < 1.29 is 0 Å². The fourth-order valence-corrected chi connectivity index (χ4v) is 3.39. The third-order valence-corrected chi connectivity index (χ3v) is 4.80. The molecule has 0 unspecified atom stereocenters. The van der Waals surface area contributed by atoms with Gasteiger partial charge < -0.3 is 5.32 Å². The summed E-state index contributed by atoms with van der Waals surface area (Å²) < 4.78 is 0. The average Bonchev–Trinajstić information content (AvgIpc) is 2.86. The molecule has 0 spiro atoms. The highest BCUT2D eigenvalue weighted by Crippen LogP contribution is 2.14. The van der Waals surface area contributed by atoms with Gasteiger partial charge in [0.25, 0.3) is 0 Å². The first-order chi connectivity index (χ1) is 9.83. The summed E-state index contributed by atoms with van der Waals surface area (Å²) in [4.78, 5) is 2.88. The first kappa shape index (κ1) is 17.7. The monoisotopic (exact) mass is 295 g/mol. The van der Waals surface area contributed by atoms with Crippen LogP contribution in [0, 0.1) is 6.92 Å². The second-order valence-corrected chi connectivity index (χ2v) is 7.24. The van der Waals surface area contributed by atoms with Gasteiger partial charge in [0, 0.05) is 16.3 Å². The lowest BCUT2D eigenvalue weighted by Gasteiger charge is -2.04. The predicted octanol–water partition coefficient (Wildman–Crippen LogP) is 6.07. The van der Waals surface area contributed by atoms with E-state index >= 15 is 0 Å². The number of unbranched alkanes of at least 4 members (excludes halogenated alkanes) is 9. The van der Waals surface area contributed by atoms with E-state index in [1.54, 1.807) is 0 Å². The summed E-state index contributed by atoms with van der Waals surface area (Å²) in [6, 6.07) is 4.45. The van der Waals surface area contributed by atoms with E-state index in [0.29, 0.717) is 0 Å². The second-order valence-electron chi connectivity index (χ2n) is 5.87. The van der Waals surface area contributed by atoms with Gasteiger partial charge in [-0.3, -0.25) is 0 Å². The molecular weight excluding hydrogens is 262 g/mol. The van der Waals surface area contributed by atoms with Crippen molar-refractivity contribution in [1.29, 1.82) is 0 Å². The van der Waals surface area contributed by atoms with Crippen LogP contribution < -0.4 is 5.32 Å². The quantitative estimate of drug-likeness (QED) is 0.436. The van der Waals surface area contributed by atoms with Crippen molar-refractivity contribution in [2.45, 2.75) is 84.6 Å². The van der Waals surface area contributed by atoms with E-state index in [0.717, 1.165) is 6.54 Å². The predicted molar refractivity (Wildman–Crippen MR) is 92.6 cm³/mol. The van der Waals surface area contributed by atoms with Crippen LogP contribution >= 0.6 is 11.3 Å². The number of hydrogen-bond acceptors (Lipinski definition) is 2. The maximum absolute atomic E-state index is 3.55. The Balaban J connectivity index is 1.76. The Morgan fingerprint density at radius 2 is 1.45 bits per heavy atom. The normalized spacial score (nSPS) is 11.1. The Morgan fingerprint density at radius 3 is 2.00 bits per heavy atom. The van der Waals surface area contributed by atoms with Gasteiger partial charge in [-0.15, -0.1) is 11.3 Å². The third kappa shape index (κ3) is 9.55. The van der Waals surface area contributed by atoms with Crippen LogP contribution in [0.15, 0.2) is 12.1 Å². The number of hydrogen-bond donors (Lipinski definition) is 1. The van der Waals surface area contributed by atoms with Crippen molar-refractivity contribution in [2.24, 2.45) is 0 Å². The fourth-order valence-electron chi connectivity index (χ4n) is 2.53. The topological polar surface area (TPSA) is 12.0 Å². The zero-order valence-corrected chi connectivity index (χ0v) is 14.4. The molecule has 0 amide bonds. The minimum Gasteiger partial charge on any atom is -0.312 e. The molecule has 1 heterocycles. The van der Waals surface area contributed by atoms with Crippen molar-refractivity contribution in [3.63, 3.8) is 0 Å². The Morgan fingerprint density at radius 1 is 0.850 bits per heavy atom. The number of aryl methyl sites for hydroxylation is 1. The molecule has 116 valence electrons. The van der Waals surface area contributed by atoms with Gasteiger partial charge in [-0.05, 0) is 32.0 Å². The molecule has 1 nitrogen and oxygen atoms in total. The molecule has 0 aliphatic heterocycles. The van der Waals surface area contributed by atoms with Gasteiger partial charge in [0.2, 0.25) is 0 Å². The van der Waals surface area contributed by atoms with Crippen LogP contribution in [0.3, 0.4) is 0 Å². The van der Waals surface area contributed by atoms with Crippen molar-refractivity contribution in [3.05, 3.63) is 21.9 Å². The number of rotatable bonds is 13. The molecular formula is C18H33NS. The first-order valence-corrected chi connectivity index (χ1v) is 9.40.